The number of ether oxygens (including phenoxy) is 2. The number of amides is 2. The van der Waals surface area contributed by atoms with Crippen molar-refractivity contribution in [2.45, 2.75) is 99.4 Å². The predicted octanol–water partition coefficient (Wildman–Crippen LogP) is 4.54. The van der Waals surface area contributed by atoms with Crippen LogP contribution in [0.5, 0.6) is 6.01 Å². The van der Waals surface area contributed by atoms with Crippen LogP contribution in [0, 0.1) is 0 Å². The van der Waals surface area contributed by atoms with Gasteiger partial charge in [-0.2, -0.15) is 20.0 Å². The lowest BCUT2D eigenvalue weighted by atomic mass is 10.3. The van der Waals surface area contributed by atoms with Crippen LogP contribution in [0.15, 0.2) is 105 Å². The third-order valence-electron chi connectivity index (χ3n) is 7.14. The minimum Gasteiger partial charge on any atom is -0.481 e. The van der Waals surface area contributed by atoms with E-state index in [1.54, 1.807) is 39.6 Å². The van der Waals surface area contributed by atoms with Crippen LogP contribution in [0.25, 0.3) is 0 Å². The highest BCUT2D eigenvalue weighted by atomic mass is 16.5. The molecule has 2 amide bonds. The number of aliphatic imine (C=N–C) groups is 2. The molecule has 1 N–H and O–H groups in total. The Hall–Kier alpha value is -6.20. The van der Waals surface area contributed by atoms with Crippen molar-refractivity contribution in [2.75, 3.05) is 14.2 Å². The summed E-state index contributed by atoms with van der Waals surface area (Å²) in [4.78, 5) is 69.3. The normalized spacial score (nSPS) is 13.2. The van der Waals surface area contributed by atoms with Gasteiger partial charge in [-0.1, -0.05) is 13.2 Å². The Kier molecular flexibility index (Phi) is 20.0. The maximum absolute atomic E-state index is 10.9. The van der Waals surface area contributed by atoms with E-state index in [1.165, 1.54) is 42.9 Å². The van der Waals surface area contributed by atoms with E-state index in [9.17, 15) is 19.2 Å². The van der Waals surface area contributed by atoms with Gasteiger partial charge in [-0.3, -0.25) is 19.2 Å². The standard InChI is InChI=1S/C9H14N2O.C8H12N2O2.C7H11N3O.C7H10N2O.C6H9N3O/c1-7(2)11-6-5-9(12-4)10-8(11)3;1-6(2)10-5-4-7(11)9-8(10)12-3;1-5(2)10-4-8-7(11)9-6(10)3;1-6(2)9-5-3-4-8-7(9)10;1-5(2)9-4-7-3-8-6(9)10/h5-7H,3H2,1-2,4H3;4-6H,1-3H3;4-5H,3H2,1-2H3,(H,9,11);3-6H,1-2H3;3-5H,1-2H3. The van der Waals surface area contributed by atoms with Crippen molar-refractivity contribution in [1.82, 2.24) is 48.8 Å². The number of aromatic nitrogens is 7. The average Bonchev–Trinajstić information content (AvgIpc) is 3.12. The fourth-order valence-corrected chi connectivity index (χ4v) is 4.24. The van der Waals surface area contributed by atoms with Gasteiger partial charge in [0.15, 0.2) is 0 Å². The van der Waals surface area contributed by atoms with Gasteiger partial charge >= 0.3 is 17.4 Å². The Bertz CT molecular complexity index is 1900. The molecule has 0 bridgehead atoms. The summed E-state index contributed by atoms with van der Waals surface area (Å²) in [5.74, 6) is 1.92. The van der Waals surface area contributed by atoms with E-state index < -0.39 is 0 Å². The van der Waals surface area contributed by atoms with E-state index in [2.05, 4.69) is 62.2 Å². The molecule has 0 atom stereocenters. The summed E-state index contributed by atoms with van der Waals surface area (Å²) in [5.41, 5.74) is -0.703. The van der Waals surface area contributed by atoms with Gasteiger partial charge in [0.1, 0.15) is 30.6 Å². The summed E-state index contributed by atoms with van der Waals surface area (Å²) in [6.45, 7) is 27.4. The number of nitrogens with one attached hydrogen (secondary N) is 1. The van der Waals surface area contributed by atoms with Gasteiger partial charge in [0.05, 0.1) is 14.2 Å². The van der Waals surface area contributed by atoms with Gasteiger partial charge in [-0.25, -0.2) is 24.4 Å². The number of rotatable bonds is 6. The molecule has 5 heterocycles. The summed E-state index contributed by atoms with van der Waals surface area (Å²) >= 11 is 0. The first-order valence-electron chi connectivity index (χ1n) is 17.5. The molecule has 0 aliphatic carbocycles. The molecule has 300 valence electrons. The van der Waals surface area contributed by atoms with Crippen LogP contribution in [-0.4, -0.2) is 88.0 Å². The van der Waals surface area contributed by atoms with Crippen molar-refractivity contribution in [1.29, 1.82) is 0 Å². The fraction of sp³-hybridized carbons (Fsp3) is 0.459. The molecule has 5 rings (SSSR count). The first-order valence-corrected chi connectivity index (χ1v) is 17.5. The second-order valence-electron chi connectivity index (χ2n) is 13.0. The van der Waals surface area contributed by atoms with Gasteiger partial charge in [0, 0.05) is 67.1 Å². The quantitative estimate of drug-likeness (QED) is 0.369. The topological polar surface area (TPSA) is 196 Å². The van der Waals surface area contributed by atoms with Crippen molar-refractivity contribution < 1.29 is 14.3 Å². The highest BCUT2D eigenvalue weighted by molar-refractivity contribution is 5.89. The lowest BCUT2D eigenvalue weighted by Gasteiger charge is -2.28. The molecule has 55 heavy (non-hydrogen) atoms. The van der Waals surface area contributed by atoms with Crippen LogP contribution in [0.4, 0.5) is 4.79 Å². The molecule has 0 radical (unpaired) electrons. The number of urea groups is 1. The maximum atomic E-state index is 10.9. The van der Waals surface area contributed by atoms with Crippen LogP contribution in [0.2, 0.25) is 0 Å². The Labute approximate surface area is 322 Å². The van der Waals surface area contributed by atoms with Crippen molar-refractivity contribution in [3.8, 4) is 6.01 Å². The molecule has 0 aromatic carbocycles. The first kappa shape index (κ1) is 46.8. The lowest BCUT2D eigenvalue weighted by molar-refractivity contribution is 0.245. The summed E-state index contributed by atoms with van der Waals surface area (Å²) in [6.07, 6.45) is 12.9. The molecule has 2 aliphatic rings. The number of hydrogen-bond donors (Lipinski definition) is 1. The van der Waals surface area contributed by atoms with Crippen LogP contribution in [0.1, 0.15) is 87.4 Å². The predicted molar refractivity (Wildman–Crippen MR) is 214 cm³/mol. The second kappa shape index (κ2) is 23.5. The van der Waals surface area contributed by atoms with E-state index >= 15 is 0 Å². The van der Waals surface area contributed by atoms with Gasteiger partial charge in [0.25, 0.3) is 11.6 Å². The molecule has 0 saturated heterocycles. The van der Waals surface area contributed by atoms with Crippen LogP contribution in [-0.2, 0) is 4.74 Å². The fourth-order valence-electron chi connectivity index (χ4n) is 4.24. The number of carbonyl (C=O) groups excluding carboxylic acids is 1. The molecule has 3 aromatic heterocycles. The van der Waals surface area contributed by atoms with Gasteiger partial charge in [0.2, 0.25) is 5.90 Å². The summed E-state index contributed by atoms with van der Waals surface area (Å²) in [6, 6.07) is 4.40. The van der Waals surface area contributed by atoms with Crippen molar-refractivity contribution in [3.05, 3.63) is 112 Å². The smallest absolute Gasteiger partial charge is 0.350 e. The van der Waals surface area contributed by atoms with Crippen molar-refractivity contribution >= 4 is 18.3 Å². The maximum Gasteiger partial charge on any atom is 0.350 e. The molecule has 0 fully saturated rings. The molecule has 18 nitrogen and oxygen atoms in total. The van der Waals surface area contributed by atoms with E-state index in [4.69, 9.17) is 9.47 Å². The Morgan fingerprint density at radius 1 is 0.727 bits per heavy atom. The molecule has 3 aromatic rings. The third kappa shape index (κ3) is 16.1. The minimum atomic E-state index is -0.355. The zero-order chi connectivity index (χ0) is 41.8. The van der Waals surface area contributed by atoms with Crippen molar-refractivity contribution in [3.63, 3.8) is 0 Å². The first-order chi connectivity index (χ1) is 25.8. The van der Waals surface area contributed by atoms with E-state index in [0.717, 1.165) is 5.82 Å². The number of nitrogens with zero attached hydrogens (tertiary/aromatic N) is 11. The van der Waals surface area contributed by atoms with E-state index in [0.29, 0.717) is 23.8 Å². The zero-order valence-electron chi connectivity index (χ0n) is 33.9. The van der Waals surface area contributed by atoms with Crippen molar-refractivity contribution in [2.24, 2.45) is 9.98 Å². The average molecular weight is 765 g/mol. The number of hydrogen-bond acceptors (Lipinski definition) is 13. The Morgan fingerprint density at radius 3 is 1.76 bits per heavy atom. The van der Waals surface area contributed by atoms with Gasteiger partial charge < -0.3 is 23.8 Å². The largest absolute Gasteiger partial charge is 0.481 e. The lowest BCUT2D eigenvalue weighted by Crippen LogP contribution is -2.40. The molecule has 0 saturated carbocycles. The Morgan fingerprint density at radius 2 is 1.33 bits per heavy atom. The highest BCUT2D eigenvalue weighted by Crippen LogP contribution is 2.14. The van der Waals surface area contributed by atoms with Crippen LogP contribution >= 0.6 is 0 Å². The molecular formula is C37H56N12O6. The number of carbonyl (C=O) groups is 1. The highest BCUT2D eigenvalue weighted by Gasteiger charge is 2.16. The molecule has 0 spiro atoms. The molecule has 18 heteroatoms. The molecular weight excluding hydrogens is 708 g/mol. The molecule has 0 unspecified atom stereocenters. The van der Waals surface area contributed by atoms with Crippen LogP contribution in [0.3, 0.4) is 0 Å². The zero-order valence-corrected chi connectivity index (χ0v) is 33.9. The second-order valence-corrected chi connectivity index (χ2v) is 13.0. The van der Waals surface area contributed by atoms with E-state index in [1.807, 2.05) is 72.6 Å². The third-order valence-corrected chi connectivity index (χ3v) is 7.14. The molecule has 2 aliphatic heterocycles. The monoisotopic (exact) mass is 764 g/mol. The van der Waals surface area contributed by atoms with Gasteiger partial charge in [-0.05, 0) is 75.3 Å². The number of methoxy groups -OCH3 is 2. The summed E-state index contributed by atoms with van der Waals surface area (Å²) in [5, 5.41) is 2.51. The van der Waals surface area contributed by atoms with E-state index in [-0.39, 0.29) is 47.1 Å². The summed E-state index contributed by atoms with van der Waals surface area (Å²) < 4.78 is 14.8. The minimum absolute atomic E-state index is 0.133. The Balaban J connectivity index is 0.000000344. The van der Waals surface area contributed by atoms with Crippen LogP contribution < -0.4 is 27.0 Å². The SMILES string of the molecule is C=C1N=C(OC)C=CN1C(C)C.C=C1NC(=O)N=CN1C(C)C.CC(C)n1cccnc1=O.CC(C)n1cncnc1=O.COc1nc(=O)ccn1C(C)C. The summed E-state index contributed by atoms with van der Waals surface area (Å²) in [7, 11) is 3.10. The van der Waals surface area contributed by atoms with Gasteiger partial charge in [-0.15, -0.1) is 0 Å².